The molecule has 0 N–H and O–H groups in total. The average molecular weight is 869 g/mol. The summed E-state index contributed by atoms with van der Waals surface area (Å²) in [5.74, 6) is 1.88. The monoisotopic (exact) mass is 868 g/mol. The lowest BCUT2D eigenvalue weighted by Gasteiger charge is -2.14. The summed E-state index contributed by atoms with van der Waals surface area (Å²) in [6.07, 6.45) is 0. The summed E-state index contributed by atoms with van der Waals surface area (Å²) in [7, 11) is 0. The minimum Gasteiger partial charge on any atom is -0.456 e. The van der Waals surface area contributed by atoms with Gasteiger partial charge in [0.05, 0.1) is 11.0 Å². The molecule has 0 radical (unpaired) electrons. The molecule has 10 aromatic carbocycles. The molecule has 3 heterocycles. The Balaban J connectivity index is 0.926. The number of benzene rings is 10. The van der Waals surface area contributed by atoms with Gasteiger partial charge >= 0.3 is 0 Å². The van der Waals surface area contributed by atoms with Crippen molar-refractivity contribution in [2.45, 2.75) is 0 Å². The Morgan fingerprint density at radius 1 is 0.279 bits per heavy atom. The number of furan rings is 1. The Labute approximate surface area is 392 Å². The van der Waals surface area contributed by atoms with E-state index >= 15 is 0 Å². The molecule has 0 saturated carbocycles. The molecule has 0 unspecified atom stereocenters. The molecule has 0 aliphatic carbocycles. The zero-order chi connectivity index (χ0) is 45.0. The Hall–Kier alpha value is -9.19. The van der Waals surface area contributed by atoms with Crippen LogP contribution in [0.1, 0.15) is 0 Å². The van der Waals surface area contributed by atoms with Crippen molar-refractivity contribution in [1.82, 2.24) is 19.5 Å². The van der Waals surface area contributed by atoms with Crippen molar-refractivity contribution in [3.8, 4) is 84.4 Å². The molecule has 0 atom stereocenters. The smallest absolute Gasteiger partial charge is 0.164 e. The number of hydrogen-bond donors (Lipinski definition) is 0. The lowest BCUT2D eigenvalue weighted by atomic mass is 9.96. The van der Waals surface area contributed by atoms with Gasteiger partial charge < -0.3 is 8.98 Å². The van der Waals surface area contributed by atoms with Crippen LogP contribution < -0.4 is 0 Å². The highest BCUT2D eigenvalue weighted by molar-refractivity contribution is 6.14. The van der Waals surface area contributed by atoms with Crippen LogP contribution in [0.15, 0.2) is 247 Å². The number of aromatic nitrogens is 4. The van der Waals surface area contributed by atoms with Crippen molar-refractivity contribution < 1.29 is 4.42 Å². The Morgan fingerprint density at radius 3 is 1.41 bits per heavy atom. The van der Waals surface area contributed by atoms with Crippen molar-refractivity contribution in [1.29, 1.82) is 0 Å². The molecule has 0 fully saturated rings. The van der Waals surface area contributed by atoms with Gasteiger partial charge in [0, 0.05) is 43.9 Å². The lowest BCUT2D eigenvalue weighted by Crippen LogP contribution is -2.00. The number of para-hydroxylation sites is 1. The van der Waals surface area contributed by atoms with Gasteiger partial charge in [0.1, 0.15) is 11.2 Å². The maximum Gasteiger partial charge on any atom is 0.164 e. The molecule has 318 valence electrons. The van der Waals surface area contributed by atoms with Gasteiger partial charge in [-0.15, -0.1) is 0 Å². The number of hydrogen-bond acceptors (Lipinski definition) is 4. The van der Waals surface area contributed by atoms with E-state index in [1.165, 1.54) is 33.0 Å². The van der Waals surface area contributed by atoms with Crippen LogP contribution >= 0.6 is 0 Å². The van der Waals surface area contributed by atoms with Crippen molar-refractivity contribution in [3.05, 3.63) is 243 Å². The van der Waals surface area contributed by atoms with Crippen molar-refractivity contribution in [2.75, 3.05) is 0 Å². The Morgan fingerprint density at radius 2 is 0.765 bits per heavy atom. The van der Waals surface area contributed by atoms with Gasteiger partial charge in [0.2, 0.25) is 0 Å². The van der Waals surface area contributed by atoms with E-state index in [2.05, 4.69) is 187 Å². The van der Waals surface area contributed by atoms with Crippen molar-refractivity contribution >= 4 is 43.7 Å². The van der Waals surface area contributed by atoms with Crippen LogP contribution in [0.3, 0.4) is 0 Å². The molecule has 5 nitrogen and oxygen atoms in total. The zero-order valence-corrected chi connectivity index (χ0v) is 36.8. The summed E-state index contributed by atoms with van der Waals surface area (Å²) in [6.45, 7) is 0. The largest absolute Gasteiger partial charge is 0.456 e. The first-order chi connectivity index (χ1) is 33.7. The third kappa shape index (κ3) is 6.93. The van der Waals surface area contributed by atoms with Gasteiger partial charge in [-0.25, -0.2) is 15.0 Å². The maximum atomic E-state index is 6.58. The zero-order valence-electron chi connectivity index (χ0n) is 36.8. The molecule has 0 saturated heterocycles. The van der Waals surface area contributed by atoms with E-state index in [1.54, 1.807) is 0 Å². The second-order valence-electron chi connectivity index (χ2n) is 17.2. The summed E-state index contributed by atoms with van der Waals surface area (Å²) < 4.78 is 9.00. The third-order valence-electron chi connectivity index (χ3n) is 13.0. The predicted molar refractivity (Wildman–Crippen MR) is 279 cm³/mol. The van der Waals surface area contributed by atoms with Crippen LogP contribution in [0.25, 0.3) is 128 Å². The van der Waals surface area contributed by atoms with Crippen LogP contribution in [0.2, 0.25) is 0 Å². The molecule has 0 spiro atoms. The molecule has 13 aromatic rings. The van der Waals surface area contributed by atoms with Crippen LogP contribution in [0, 0.1) is 0 Å². The lowest BCUT2D eigenvalue weighted by molar-refractivity contribution is 0.669. The average Bonchev–Trinajstić information content (AvgIpc) is 3.97. The second-order valence-corrected chi connectivity index (χ2v) is 17.2. The molecular weight excluding hydrogens is 829 g/mol. The van der Waals surface area contributed by atoms with Gasteiger partial charge in [-0.3, -0.25) is 0 Å². The number of fused-ring (bicyclic) bond motifs is 6. The molecule has 13 rings (SSSR count). The van der Waals surface area contributed by atoms with Gasteiger partial charge in [0.15, 0.2) is 17.5 Å². The molecule has 68 heavy (non-hydrogen) atoms. The quantitative estimate of drug-likeness (QED) is 0.153. The van der Waals surface area contributed by atoms with E-state index in [-0.39, 0.29) is 0 Å². The minimum absolute atomic E-state index is 0.614. The minimum atomic E-state index is 0.614. The SMILES string of the molecule is c1ccc(-c2cc(-c3ccccc3)cc(-n3c4ccccc4c4cc(-c5ccc6oc7cccc(-c8cccc(-c9nc(-c%10ccccc%10)nc(-c%10ccccc%10)n9)c8)c7c6c5)ccc43)c2)cc1. The van der Waals surface area contributed by atoms with Gasteiger partial charge in [-0.1, -0.05) is 182 Å². The summed E-state index contributed by atoms with van der Waals surface area (Å²) in [5.41, 5.74) is 17.0. The van der Waals surface area contributed by atoms with Gasteiger partial charge in [-0.05, 0) is 105 Å². The molecule has 0 aliphatic heterocycles. The molecule has 5 heteroatoms. The molecule has 3 aromatic heterocycles. The fraction of sp³-hybridized carbons (Fsp3) is 0. The summed E-state index contributed by atoms with van der Waals surface area (Å²) in [5, 5.41) is 4.53. The van der Waals surface area contributed by atoms with Gasteiger partial charge in [-0.2, -0.15) is 0 Å². The second kappa shape index (κ2) is 16.4. The molecule has 0 aliphatic rings. The van der Waals surface area contributed by atoms with E-state index in [9.17, 15) is 0 Å². The highest BCUT2D eigenvalue weighted by Crippen LogP contribution is 2.42. The highest BCUT2D eigenvalue weighted by Gasteiger charge is 2.19. The van der Waals surface area contributed by atoms with E-state index in [4.69, 9.17) is 19.4 Å². The topological polar surface area (TPSA) is 56.7 Å². The van der Waals surface area contributed by atoms with Crippen LogP contribution in [0.5, 0.6) is 0 Å². The van der Waals surface area contributed by atoms with E-state index in [0.29, 0.717) is 17.5 Å². The summed E-state index contributed by atoms with van der Waals surface area (Å²) in [6, 6.07) is 85.5. The third-order valence-corrected chi connectivity index (χ3v) is 13.0. The first-order valence-electron chi connectivity index (χ1n) is 22.9. The predicted octanol–water partition coefficient (Wildman–Crippen LogP) is 16.5. The molecule has 0 amide bonds. The Bertz CT molecular complexity index is 3890. The van der Waals surface area contributed by atoms with E-state index in [1.807, 2.05) is 60.7 Å². The van der Waals surface area contributed by atoms with E-state index in [0.717, 1.165) is 77.6 Å². The Kier molecular flexibility index (Phi) is 9.43. The molecular formula is C63H40N4O. The fourth-order valence-electron chi connectivity index (χ4n) is 9.78. The first kappa shape index (κ1) is 39.2. The normalized spacial score (nSPS) is 11.5. The number of rotatable bonds is 8. The molecule has 0 bridgehead atoms. The van der Waals surface area contributed by atoms with E-state index < -0.39 is 0 Å². The fourth-order valence-corrected chi connectivity index (χ4v) is 9.78. The number of nitrogens with zero attached hydrogens (tertiary/aromatic N) is 4. The standard InChI is InChI=1S/C63H40N4O/c1-5-17-41(18-6-1)49-36-50(42-19-7-2-8-20-42)38-51(37-49)67-56-29-14-13-27-53(56)54-39-45(31-33-57(54)67)46-32-34-58-55(40-46)60-52(28-16-30-59(60)68-58)47-25-15-26-48(35-47)63-65-61(43-21-9-3-10-22-43)64-62(66-63)44-23-11-4-12-24-44/h1-40H. The van der Waals surface area contributed by atoms with Crippen molar-refractivity contribution in [2.24, 2.45) is 0 Å². The van der Waals surface area contributed by atoms with Gasteiger partial charge in [0.25, 0.3) is 0 Å². The summed E-state index contributed by atoms with van der Waals surface area (Å²) >= 11 is 0. The van der Waals surface area contributed by atoms with Crippen LogP contribution in [0.4, 0.5) is 0 Å². The van der Waals surface area contributed by atoms with Crippen molar-refractivity contribution in [3.63, 3.8) is 0 Å². The van der Waals surface area contributed by atoms with Crippen LogP contribution in [-0.4, -0.2) is 19.5 Å². The van der Waals surface area contributed by atoms with Crippen LogP contribution in [-0.2, 0) is 0 Å². The maximum absolute atomic E-state index is 6.58. The highest BCUT2D eigenvalue weighted by atomic mass is 16.3. The first-order valence-corrected chi connectivity index (χ1v) is 22.9. The summed E-state index contributed by atoms with van der Waals surface area (Å²) in [4.78, 5) is 15.0.